The van der Waals surface area contributed by atoms with E-state index in [-0.39, 0.29) is 15.1 Å². The van der Waals surface area contributed by atoms with Crippen molar-refractivity contribution in [3.63, 3.8) is 0 Å². The van der Waals surface area contributed by atoms with Gasteiger partial charge in [-0.25, -0.2) is 14.0 Å². The molecule has 0 atom stereocenters. The molecule has 0 aliphatic heterocycles. The molecule has 10 heteroatoms. The number of aromatic carboxylic acids is 2. The summed E-state index contributed by atoms with van der Waals surface area (Å²) in [6.45, 7) is 0. The largest absolute Gasteiger partial charge is 0.478 e. The monoisotopic (exact) mass is 404 g/mol. The second-order valence-corrected chi connectivity index (χ2v) is 5.61. The molecule has 1 heterocycles. The number of rotatable bonds is 3. The summed E-state index contributed by atoms with van der Waals surface area (Å²) < 4.78 is 13.5. The number of carboxylic acid groups (broad SMARTS) is 2. The lowest BCUT2D eigenvalue weighted by molar-refractivity contribution is 0.0695. The molecule has 0 fully saturated rings. The summed E-state index contributed by atoms with van der Waals surface area (Å²) in [5.74, 6) is -4.58. The number of nitrogen functional groups attached to an aromatic ring is 1. The van der Waals surface area contributed by atoms with E-state index >= 15 is 0 Å². The Morgan fingerprint density at radius 2 is 1.78 bits per heavy atom. The Bertz CT molecular complexity index is 912. The summed E-state index contributed by atoms with van der Waals surface area (Å²) in [6.07, 6.45) is 0. The van der Waals surface area contributed by atoms with Gasteiger partial charge in [-0.3, -0.25) is 4.79 Å². The van der Waals surface area contributed by atoms with E-state index in [2.05, 4.69) is 15.9 Å². The van der Waals surface area contributed by atoms with Crippen LogP contribution >= 0.6 is 27.5 Å². The average Bonchev–Trinajstić information content (AvgIpc) is 2.40. The number of halogens is 3. The van der Waals surface area contributed by atoms with Gasteiger partial charge in [-0.2, -0.15) is 0 Å². The van der Waals surface area contributed by atoms with Crippen LogP contribution in [0, 0.1) is 5.82 Å². The van der Waals surface area contributed by atoms with Crippen LogP contribution in [0.5, 0.6) is 0 Å². The molecular weight excluding hydrogens is 399 g/mol. The molecule has 0 aliphatic carbocycles. The van der Waals surface area contributed by atoms with Gasteiger partial charge in [0, 0.05) is 10.0 Å². The number of nitrogens with two attached hydrogens (primary N) is 1. The van der Waals surface area contributed by atoms with Crippen LogP contribution in [-0.4, -0.2) is 27.1 Å². The number of carboxylic acids is 2. The number of nitrogens with one attached hydrogen (secondary N) is 1. The van der Waals surface area contributed by atoms with Crippen LogP contribution in [0.4, 0.5) is 10.2 Å². The summed E-state index contributed by atoms with van der Waals surface area (Å²) in [7, 11) is 0. The molecule has 0 radical (unpaired) electrons. The van der Waals surface area contributed by atoms with E-state index in [1.807, 2.05) is 4.98 Å². The van der Waals surface area contributed by atoms with E-state index in [0.717, 1.165) is 12.1 Å². The third-order valence-corrected chi connectivity index (χ3v) is 3.90. The predicted octanol–water partition coefficient (Wildman–Crippen LogP) is 2.58. The Morgan fingerprint density at radius 1 is 1.22 bits per heavy atom. The number of hydrogen-bond acceptors (Lipinski definition) is 4. The van der Waals surface area contributed by atoms with Crippen molar-refractivity contribution < 1.29 is 24.2 Å². The molecule has 23 heavy (non-hydrogen) atoms. The lowest BCUT2D eigenvalue weighted by atomic mass is 9.95. The quantitative estimate of drug-likeness (QED) is 0.580. The molecule has 0 spiro atoms. The van der Waals surface area contributed by atoms with Crippen LogP contribution in [-0.2, 0) is 0 Å². The number of H-pyrrole nitrogens is 1. The van der Waals surface area contributed by atoms with E-state index in [4.69, 9.17) is 17.3 Å². The summed E-state index contributed by atoms with van der Waals surface area (Å²) in [6, 6.07) is 1.93. The minimum atomic E-state index is -1.67. The van der Waals surface area contributed by atoms with Gasteiger partial charge in [-0.05, 0) is 17.7 Å². The fourth-order valence-electron chi connectivity index (χ4n) is 2.03. The summed E-state index contributed by atoms with van der Waals surface area (Å²) >= 11 is 8.67. The van der Waals surface area contributed by atoms with Crippen LogP contribution in [0.3, 0.4) is 0 Å². The van der Waals surface area contributed by atoms with Gasteiger partial charge < -0.3 is 20.9 Å². The zero-order valence-electron chi connectivity index (χ0n) is 11.0. The molecule has 2 rings (SSSR count). The number of benzene rings is 1. The molecule has 120 valence electrons. The molecule has 1 aromatic carbocycles. The van der Waals surface area contributed by atoms with E-state index in [1.165, 1.54) is 0 Å². The maximum absolute atomic E-state index is 13.5. The number of aromatic amines is 1. The lowest BCUT2D eigenvalue weighted by Gasteiger charge is -2.14. The van der Waals surface area contributed by atoms with Crippen molar-refractivity contribution in [3.8, 4) is 11.1 Å². The Morgan fingerprint density at radius 3 is 2.30 bits per heavy atom. The van der Waals surface area contributed by atoms with Crippen molar-refractivity contribution in [1.29, 1.82) is 0 Å². The highest BCUT2D eigenvalue weighted by molar-refractivity contribution is 9.10. The number of aromatic nitrogens is 1. The Kier molecular flexibility index (Phi) is 4.44. The van der Waals surface area contributed by atoms with Crippen molar-refractivity contribution in [3.05, 3.63) is 48.9 Å². The first-order valence-corrected chi connectivity index (χ1v) is 6.99. The highest BCUT2D eigenvalue weighted by Gasteiger charge is 2.28. The summed E-state index contributed by atoms with van der Waals surface area (Å²) in [5.41, 5.74) is 2.35. The van der Waals surface area contributed by atoms with Crippen molar-refractivity contribution in [2.45, 2.75) is 0 Å². The van der Waals surface area contributed by atoms with Crippen LogP contribution in [0.2, 0.25) is 5.02 Å². The molecule has 0 amide bonds. The van der Waals surface area contributed by atoms with Gasteiger partial charge in [0.05, 0.1) is 5.02 Å². The van der Waals surface area contributed by atoms with Gasteiger partial charge in [0.25, 0.3) is 5.56 Å². The van der Waals surface area contributed by atoms with E-state index in [9.17, 15) is 29.0 Å². The predicted molar refractivity (Wildman–Crippen MR) is 83.5 cm³/mol. The number of hydrogen-bond donors (Lipinski definition) is 4. The summed E-state index contributed by atoms with van der Waals surface area (Å²) in [4.78, 5) is 36.7. The van der Waals surface area contributed by atoms with E-state index in [1.54, 1.807) is 0 Å². The molecule has 2 aromatic rings. The number of pyridine rings is 1. The maximum atomic E-state index is 13.5. The molecule has 0 saturated heterocycles. The van der Waals surface area contributed by atoms with Crippen molar-refractivity contribution >= 4 is 45.3 Å². The first kappa shape index (κ1) is 17.0. The third kappa shape index (κ3) is 2.92. The van der Waals surface area contributed by atoms with Gasteiger partial charge in [-0.15, -0.1) is 0 Å². The fourth-order valence-corrected chi connectivity index (χ4v) is 2.71. The van der Waals surface area contributed by atoms with Crippen LogP contribution in [0.15, 0.2) is 21.4 Å². The number of carbonyl (C=O) groups is 2. The van der Waals surface area contributed by atoms with Gasteiger partial charge in [0.2, 0.25) is 0 Å². The molecule has 5 N–H and O–H groups in total. The average molecular weight is 406 g/mol. The third-order valence-electron chi connectivity index (χ3n) is 2.95. The molecule has 0 saturated carbocycles. The van der Waals surface area contributed by atoms with Crippen molar-refractivity contribution in [2.75, 3.05) is 5.73 Å². The minimum Gasteiger partial charge on any atom is -0.478 e. The zero-order chi connectivity index (χ0) is 17.5. The molecule has 0 bridgehead atoms. The van der Waals surface area contributed by atoms with Gasteiger partial charge in [0.15, 0.2) is 0 Å². The highest BCUT2D eigenvalue weighted by Crippen LogP contribution is 2.37. The highest BCUT2D eigenvalue weighted by atomic mass is 79.9. The van der Waals surface area contributed by atoms with Gasteiger partial charge >= 0.3 is 11.9 Å². The SMILES string of the molecule is Nc1[nH]c(=O)c(C(=O)O)c(-c2cc(Cl)c(F)cc2Br)c1C(=O)O. The van der Waals surface area contributed by atoms with Gasteiger partial charge in [0.1, 0.15) is 22.8 Å². The first-order valence-electron chi connectivity index (χ1n) is 5.82. The van der Waals surface area contributed by atoms with Crippen LogP contribution in [0.25, 0.3) is 11.1 Å². The van der Waals surface area contributed by atoms with Crippen LogP contribution in [0.1, 0.15) is 20.7 Å². The fraction of sp³-hybridized carbons (Fsp3) is 0. The van der Waals surface area contributed by atoms with Crippen molar-refractivity contribution in [1.82, 2.24) is 4.98 Å². The normalized spacial score (nSPS) is 10.6. The molecule has 0 unspecified atom stereocenters. The Hall–Kier alpha value is -2.39. The lowest BCUT2D eigenvalue weighted by Crippen LogP contribution is -2.24. The first-order chi connectivity index (χ1) is 10.6. The van der Waals surface area contributed by atoms with Crippen molar-refractivity contribution in [2.24, 2.45) is 0 Å². The van der Waals surface area contributed by atoms with Gasteiger partial charge in [-0.1, -0.05) is 27.5 Å². The minimum absolute atomic E-state index is 0.00870. The molecular formula is C13H7BrClFN2O5. The second kappa shape index (κ2) is 6.01. The second-order valence-electron chi connectivity index (χ2n) is 4.35. The van der Waals surface area contributed by atoms with Crippen LogP contribution < -0.4 is 11.3 Å². The van der Waals surface area contributed by atoms with E-state index < -0.39 is 45.8 Å². The topological polar surface area (TPSA) is 133 Å². The number of anilines is 1. The molecule has 0 aliphatic rings. The summed E-state index contributed by atoms with van der Waals surface area (Å²) in [5, 5.41) is 18.2. The van der Waals surface area contributed by atoms with E-state index in [0.29, 0.717) is 0 Å². The smallest absolute Gasteiger partial charge is 0.342 e. The zero-order valence-corrected chi connectivity index (χ0v) is 13.3. The maximum Gasteiger partial charge on any atom is 0.342 e. The molecule has 1 aromatic heterocycles. The Balaban J connectivity index is 3.06. The molecule has 7 nitrogen and oxygen atoms in total. The Labute approximate surface area is 140 Å². The standard InChI is InChI=1S/C13H7BrClFN2O5/c14-4-2-6(16)5(15)1-3(4)7-8(12(20)21)10(17)18-11(19)9(7)13(22)23/h1-2H,(H,20,21)(H,22,23)(H3,17,18,19).